The molecule has 8 nitrogen and oxygen atoms in total. The van der Waals surface area contributed by atoms with Crippen LogP contribution < -0.4 is 15.5 Å². The molecule has 0 spiro atoms. The third-order valence-electron chi connectivity index (χ3n) is 8.06. The SMILES string of the molecule is O=C(Nc1ccc(C(F)(F)F)cn1)N[C@@H]1CCCN(c2ccc(C3(CN4CCOCC4)CCCC3)cc2)C1=O. The van der Waals surface area contributed by atoms with Crippen molar-refractivity contribution in [3.63, 3.8) is 0 Å². The largest absolute Gasteiger partial charge is 0.417 e. The first-order valence-electron chi connectivity index (χ1n) is 13.6. The van der Waals surface area contributed by atoms with Crippen molar-refractivity contribution in [2.75, 3.05) is 49.6 Å². The van der Waals surface area contributed by atoms with Crippen LogP contribution in [0.15, 0.2) is 42.6 Å². The number of halogens is 3. The minimum atomic E-state index is -4.51. The van der Waals surface area contributed by atoms with Crippen LogP contribution in [0.5, 0.6) is 0 Å². The third-order valence-corrected chi connectivity index (χ3v) is 8.06. The molecular weight excluding hydrogens is 511 g/mol. The van der Waals surface area contributed by atoms with Gasteiger partial charge in [-0.15, -0.1) is 0 Å². The summed E-state index contributed by atoms with van der Waals surface area (Å²) in [5.41, 5.74) is 1.31. The number of ether oxygens (including phenoxy) is 1. The lowest BCUT2D eigenvalue weighted by Gasteiger charge is -2.38. The number of anilines is 2. The summed E-state index contributed by atoms with van der Waals surface area (Å²) in [6, 6.07) is 8.79. The fourth-order valence-corrected chi connectivity index (χ4v) is 5.98. The van der Waals surface area contributed by atoms with Gasteiger partial charge in [0.05, 0.1) is 18.8 Å². The minimum absolute atomic E-state index is 0.0332. The van der Waals surface area contributed by atoms with Crippen molar-refractivity contribution in [3.8, 4) is 0 Å². The van der Waals surface area contributed by atoms with Gasteiger partial charge >= 0.3 is 12.2 Å². The molecule has 210 valence electrons. The zero-order valence-corrected chi connectivity index (χ0v) is 21.8. The second kappa shape index (κ2) is 11.5. The minimum Gasteiger partial charge on any atom is -0.379 e. The average molecular weight is 546 g/mol. The molecule has 2 N–H and O–H groups in total. The summed E-state index contributed by atoms with van der Waals surface area (Å²) in [4.78, 5) is 33.6. The molecule has 1 aromatic carbocycles. The summed E-state index contributed by atoms with van der Waals surface area (Å²) in [6.07, 6.45) is 2.07. The number of nitrogens with zero attached hydrogens (tertiary/aromatic N) is 3. The maximum absolute atomic E-state index is 13.3. The Bertz CT molecular complexity index is 1140. The Morgan fingerprint density at radius 2 is 1.74 bits per heavy atom. The summed E-state index contributed by atoms with van der Waals surface area (Å²) in [6.45, 7) is 5.04. The second-order valence-electron chi connectivity index (χ2n) is 10.6. The van der Waals surface area contributed by atoms with Crippen molar-refractivity contribution in [3.05, 3.63) is 53.7 Å². The van der Waals surface area contributed by atoms with E-state index in [-0.39, 0.29) is 17.1 Å². The van der Waals surface area contributed by atoms with E-state index in [4.69, 9.17) is 4.74 Å². The van der Waals surface area contributed by atoms with Gasteiger partial charge in [-0.05, 0) is 55.5 Å². The molecule has 3 fully saturated rings. The van der Waals surface area contributed by atoms with Crippen LogP contribution in [0.4, 0.5) is 29.5 Å². The molecule has 3 heterocycles. The number of hydrogen-bond donors (Lipinski definition) is 2. The molecule has 2 aromatic rings. The number of rotatable bonds is 6. The lowest BCUT2D eigenvalue weighted by atomic mass is 9.78. The van der Waals surface area contributed by atoms with E-state index in [1.807, 2.05) is 12.1 Å². The number of benzene rings is 1. The number of alkyl halides is 3. The summed E-state index contributed by atoms with van der Waals surface area (Å²) in [5.74, 6) is -0.248. The van der Waals surface area contributed by atoms with E-state index in [9.17, 15) is 22.8 Å². The molecule has 39 heavy (non-hydrogen) atoms. The van der Waals surface area contributed by atoms with Crippen molar-refractivity contribution in [1.82, 2.24) is 15.2 Å². The lowest BCUT2D eigenvalue weighted by molar-refractivity contribution is -0.137. The third kappa shape index (κ3) is 6.36. The smallest absolute Gasteiger partial charge is 0.379 e. The molecule has 0 bridgehead atoms. The van der Waals surface area contributed by atoms with Gasteiger partial charge in [-0.2, -0.15) is 13.2 Å². The Morgan fingerprint density at radius 1 is 1.03 bits per heavy atom. The molecule has 1 saturated carbocycles. The van der Waals surface area contributed by atoms with Crippen LogP contribution in [0.1, 0.15) is 49.7 Å². The van der Waals surface area contributed by atoms with Crippen LogP contribution in [0.2, 0.25) is 0 Å². The van der Waals surface area contributed by atoms with Gasteiger partial charge in [-0.3, -0.25) is 15.0 Å². The second-order valence-corrected chi connectivity index (χ2v) is 10.6. The molecule has 0 unspecified atom stereocenters. The van der Waals surface area contributed by atoms with E-state index in [0.717, 1.165) is 63.5 Å². The zero-order valence-electron chi connectivity index (χ0n) is 21.8. The van der Waals surface area contributed by atoms with Crippen molar-refractivity contribution < 1.29 is 27.5 Å². The predicted octanol–water partition coefficient (Wildman–Crippen LogP) is 4.56. The topological polar surface area (TPSA) is 86.8 Å². The monoisotopic (exact) mass is 545 g/mol. The molecule has 5 rings (SSSR count). The first-order chi connectivity index (χ1) is 18.7. The number of carbonyl (C=O) groups excluding carboxylic acids is 2. The van der Waals surface area contributed by atoms with Gasteiger partial charge in [0, 0.05) is 43.5 Å². The van der Waals surface area contributed by atoms with Crippen molar-refractivity contribution in [2.45, 2.75) is 56.2 Å². The lowest BCUT2D eigenvalue weighted by Crippen LogP contribution is -2.53. The Kier molecular flexibility index (Phi) is 8.08. The molecule has 11 heteroatoms. The Balaban J connectivity index is 1.21. The highest BCUT2D eigenvalue weighted by molar-refractivity contribution is 6.01. The Hall–Kier alpha value is -3.18. The zero-order chi connectivity index (χ0) is 27.5. The molecule has 0 radical (unpaired) electrons. The van der Waals surface area contributed by atoms with Crippen molar-refractivity contribution in [1.29, 1.82) is 0 Å². The molecular formula is C28H34F3N5O3. The summed E-state index contributed by atoms with van der Waals surface area (Å²) in [7, 11) is 0. The fraction of sp³-hybridized carbons (Fsp3) is 0.536. The number of urea groups is 1. The number of nitrogens with one attached hydrogen (secondary N) is 2. The average Bonchev–Trinajstić information content (AvgIpc) is 3.40. The number of amides is 3. The molecule has 1 atom stereocenters. The molecule has 3 amide bonds. The fourth-order valence-electron chi connectivity index (χ4n) is 5.98. The van der Waals surface area contributed by atoms with E-state index in [2.05, 4.69) is 32.7 Å². The van der Waals surface area contributed by atoms with Crippen molar-refractivity contribution in [2.24, 2.45) is 0 Å². The summed E-state index contributed by atoms with van der Waals surface area (Å²) in [5, 5.41) is 5.06. The van der Waals surface area contributed by atoms with Gasteiger partial charge in [0.2, 0.25) is 5.91 Å². The molecule has 2 saturated heterocycles. The van der Waals surface area contributed by atoms with Crippen LogP contribution in [0.3, 0.4) is 0 Å². The van der Waals surface area contributed by atoms with Crippen molar-refractivity contribution >= 4 is 23.4 Å². The first kappa shape index (κ1) is 27.4. The number of piperidine rings is 1. The molecule has 1 aromatic heterocycles. The maximum Gasteiger partial charge on any atom is 0.417 e. The quantitative estimate of drug-likeness (QED) is 0.556. The van der Waals surface area contributed by atoms with E-state index in [1.54, 1.807) is 4.90 Å². The van der Waals surface area contributed by atoms with Gasteiger partial charge in [0.25, 0.3) is 0 Å². The van der Waals surface area contributed by atoms with Crippen LogP contribution in [0.25, 0.3) is 0 Å². The maximum atomic E-state index is 13.3. The predicted molar refractivity (Wildman–Crippen MR) is 141 cm³/mol. The number of aromatic nitrogens is 1. The Labute approximate surface area is 225 Å². The molecule has 2 aliphatic heterocycles. The highest BCUT2D eigenvalue weighted by Gasteiger charge is 2.38. The summed E-state index contributed by atoms with van der Waals surface area (Å²) < 4.78 is 43.7. The Morgan fingerprint density at radius 3 is 2.38 bits per heavy atom. The number of carbonyl (C=O) groups is 2. The van der Waals surface area contributed by atoms with Crippen LogP contribution in [-0.2, 0) is 21.1 Å². The van der Waals surface area contributed by atoms with Crippen LogP contribution in [0, 0.1) is 0 Å². The highest BCUT2D eigenvalue weighted by Crippen LogP contribution is 2.42. The molecule has 1 aliphatic carbocycles. The first-order valence-corrected chi connectivity index (χ1v) is 13.6. The van der Waals surface area contributed by atoms with E-state index in [1.165, 1.54) is 18.4 Å². The highest BCUT2D eigenvalue weighted by atomic mass is 19.4. The summed E-state index contributed by atoms with van der Waals surface area (Å²) >= 11 is 0. The van der Waals surface area contributed by atoms with Gasteiger partial charge in [-0.25, -0.2) is 9.78 Å². The van der Waals surface area contributed by atoms with E-state index >= 15 is 0 Å². The van der Waals surface area contributed by atoms with Gasteiger partial charge in [0.1, 0.15) is 11.9 Å². The van der Waals surface area contributed by atoms with Gasteiger partial charge < -0.3 is 15.0 Å². The van der Waals surface area contributed by atoms with E-state index in [0.29, 0.717) is 25.6 Å². The number of hydrogen-bond acceptors (Lipinski definition) is 5. The normalized spacial score (nSPS) is 22.1. The van der Waals surface area contributed by atoms with Gasteiger partial charge in [-0.1, -0.05) is 25.0 Å². The van der Waals surface area contributed by atoms with Crippen LogP contribution in [-0.4, -0.2) is 67.3 Å². The standard InChI is InChI=1S/C28H34F3N5O3/c29-28(30,31)21-7-10-24(32-18-21)34-26(38)33-23-4-3-13-36(25(23)37)22-8-5-20(6-9-22)27(11-1-2-12-27)19-35-14-16-39-17-15-35/h5-10,18,23H,1-4,11-17,19H2,(H2,32,33,34,38)/t23-/m1/s1. The molecule has 3 aliphatic rings. The van der Waals surface area contributed by atoms with Crippen LogP contribution >= 0.6 is 0 Å². The van der Waals surface area contributed by atoms with Gasteiger partial charge in [0.15, 0.2) is 0 Å². The van der Waals surface area contributed by atoms with E-state index < -0.39 is 23.8 Å². The number of pyridine rings is 1. The number of morpholine rings is 1.